The first-order valence-electron chi connectivity index (χ1n) is 10.8. The lowest BCUT2D eigenvalue weighted by Crippen LogP contribution is -2.29. The Hall–Kier alpha value is -3.95. The largest absolute Gasteiger partial charge is 0.493 e. The number of nitrogens with zero attached hydrogens (tertiary/aromatic N) is 6. The van der Waals surface area contributed by atoms with Gasteiger partial charge in [0.05, 0.1) is 33.2 Å². The van der Waals surface area contributed by atoms with Crippen LogP contribution >= 0.6 is 0 Å². The Labute approximate surface area is 191 Å². The van der Waals surface area contributed by atoms with Gasteiger partial charge in [0.2, 0.25) is 11.7 Å². The molecule has 0 radical (unpaired) electrons. The van der Waals surface area contributed by atoms with Crippen LogP contribution in [0.3, 0.4) is 0 Å². The monoisotopic (exact) mass is 449 g/mol. The van der Waals surface area contributed by atoms with Crippen LogP contribution in [0.5, 0.6) is 17.2 Å². The fraction of sp³-hybridized carbons (Fsp3) is 0.348. The van der Waals surface area contributed by atoms with Crippen LogP contribution in [-0.2, 0) is 0 Å². The van der Waals surface area contributed by atoms with Gasteiger partial charge in [-0.25, -0.2) is 9.50 Å². The summed E-state index contributed by atoms with van der Waals surface area (Å²) in [4.78, 5) is 11.6. The number of methoxy groups -OCH3 is 3. The predicted octanol–water partition coefficient (Wildman–Crippen LogP) is 3.67. The number of rotatable bonds is 7. The first-order chi connectivity index (χ1) is 16.1. The maximum Gasteiger partial charge on any atom is 0.245 e. The lowest BCUT2D eigenvalue weighted by Gasteiger charge is -2.22. The molecule has 0 amide bonds. The number of nitrogens with one attached hydrogen (secondary N) is 1. The molecule has 5 rings (SSSR count). The van der Waals surface area contributed by atoms with E-state index in [2.05, 4.69) is 22.1 Å². The summed E-state index contributed by atoms with van der Waals surface area (Å²) in [6, 6.07) is 8.10. The normalized spacial score (nSPS) is 15.8. The van der Waals surface area contributed by atoms with Crippen molar-refractivity contribution in [2.75, 3.05) is 38.1 Å². The van der Waals surface area contributed by atoms with Crippen molar-refractivity contribution in [3.05, 3.63) is 43.0 Å². The molecule has 0 spiro atoms. The van der Waals surface area contributed by atoms with Crippen molar-refractivity contribution in [3.63, 3.8) is 0 Å². The smallest absolute Gasteiger partial charge is 0.245 e. The van der Waals surface area contributed by atoms with Crippen LogP contribution in [-0.4, -0.2) is 58.1 Å². The second-order valence-electron chi connectivity index (χ2n) is 7.96. The van der Waals surface area contributed by atoms with E-state index in [0.717, 1.165) is 36.5 Å². The molecule has 1 aromatic carbocycles. The first kappa shape index (κ1) is 20.9. The number of hydrogen-bond donors (Lipinski definition) is 1. The summed E-state index contributed by atoms with van der Waals surface area (Å²) in [5, 5.41) is 8.07. The van der Waals surface area contributed by atoms with Gasteiger partial charge in [-0.2, -0.15) is 4.98 Å². The van der Waals surface area contributed by atoms with E-state index in [1.165, 1.54) is 0 Å². The predicted molar refractivity (Wildman–Crippen MR) is 126 cm³/mol. The fourth-order valence-corrected chi connectivity index (χ4v) is 4.23. The van der Waals surface area contributed by atoms with Crippen molar-refractivity contribution in [1.29, 1.82) is 0 Å². The maximum atomic E-state index is 5.47. The van der Waals surface area contributed by atoms with Gasteiger partial charge in [0.25, 0.3) is 0 Å². The van der Waals surface area contributed by atoms with Crippen molar-refractivity contribution < 1.29 is 14.2 Å². The lowest BCUT2D eigenvalue weighted by molar-refractivity contribution is 0.324. The van der Waals surface area contributed by atoms with Crippen LogP contribution in [0, 0.1) is 0 Å². The van der Waals surface area contributed by atoms with Gasteiger partial charge in [-0.15, -0.1) is 5.10 Å². The number of benzene rings is 1. The quantitative estimate of drug-likeness (QED) is 0.457. The third-order valence-corrected chi connectivity index (χ3v) is 5.97. The highest BCUT2D eigenvalue weighted by Gasteiger charge is 2.24. The second-order valence-corrected chi connectivity index (χ2v) is 7.96. The van der Waals surface area contributed by atoms with Crippen LogP contribution in [0.1, 0.15) is 19.8 Å². The van der Waals surface area contributed by atoms with Crippen LogP contribution in [0.4, 0.5) is 17.6 Å². The molecule has 0 saturated carbocycles. The zero-order chi connectivity index (χ0) is 22.9. The number of hydrogen-bond acceptors (Lipinski definition) is 8. The van der Waals surface area contributed by atoms with Crippen molar-refractivity contribution in [2.24, 2.45) is 0 Å². The van der Waals surface area contributed by atoms with E-state index in [1.54, 1.807) is 27.7 Å². The highest BCUT2D eigenvalue weighted by molar-refractivity contribution is 5.73. The summed E-state index contributed by atoms with van der Waals surface area (Å²) >= 11 is 0. The molecule has 1 fully saturated rings. The summed E-state index contributed by atoms with van der Waals surface area (Å²) in [5.74, 6) is 3.78. The molecule has 33 heavy (non-hydrogen) atoms. The Bertz CT molecular complexity index is 1260. The standard InChI is InChI=1S/C23H27N7O3/c1-15-7-5-9-29(15)23-26-22(17-8-6-10-30(17)27-23)25-20-13-28(14-24-20)16-11-18(31-2)21(33-4)19(12-16)32-3/h6,8,10-15H,5,7,9H2,1-4H3,(H,25,26,27)/t15-/m1/s1. The van der Waals surface area contributed by atoms with Gasteiger partial charge in [-0.1, -0.05) is 0 Å². The highest BCUT2D eigenvalue weighted by Crippen LogP contribution is 2.39. The van der Waals surface area contributed by atoms with Crippen LogP contribution in [0.15, 0.2) is 43.0 Å². The first-order valence-corrected chi connectivity index (χ1v) is 10.8. The zero-order valence-electron chi connectivity index (χ0n) is 19.1. The Morgan fingerprint density at radius 2 is 1.88 bits per heavy atom. The minimum absolute atomic E-state index is 0.421. The molecular weight excluding hydrogens is 422 g/mol. The van der Waals surface area contributed by atoms with Crippen LogP contribution < -0.4 is 24.4 Å². The molecule has 10 heteroatoms. The number of fused-ring (bicyclic) bond motifs is 1. The number of ether oxygens (including phenoxy) is 3. The zero-order valence-corrected chi connectivity index (χ0v) is 19.1. The van der Waals surface area contributed by atoms with E-state index in [4.69, 9.17) is 24.3 Å². The summed E-state index contributed by atoms with van der Waals surface area (Å²) in [6.45, 7) is 3.17. The Balaban J connectivity index is 1.48. The molecule has 1 aliphatic rings. The van der Waals surface area contributed by atoms with E-state index in [-0.39, 0.29) is 0 Å². The fourth-order valence-electron chi connectivity index (χ4n) is 4.23. The Morgan fingerprint density at radius 1 is 1.09 bits per heavy atom. The third kappa shape index (κ3) is 3.77. The van der Waals surface area contributed by atoms with E-state index in [1.807, 2.05) is 45.7 Å². The van der Waals surface area contributed by atoms with E-state index >= 15 is 0 Å². The molecule has 1 aliphatic heterocycles. The molecule has 1 saturated heterocycles. The summed E-state index contributed by atoms with van der Waals surface area (Å²) in [6.07, 6.45) is 7.84. The molecule has 0 bridgehead atoms. The lowest BCUT2D eigenvalue weighted by atomic mass is 10.2. The van der Waals surface area contributed by atoms with Crippen LogP contribution in [0.2, 0.25) is 0 Å². The van der Waals surface area contributed by atoms with Gasteiger partial charge in [-0.3, -0.25) is 0 Å². The highest BCUT2D eigenvalue weighted by atomic mass is 16.5. The average Bonchev–Trinajstić information content (AvgIpc) is 3.58. The van der Waals surface area contributed by atoms with Gasteiger partial charge in [-0.05, 0) is 31.9 Å². The molecule has 10 nitrogen and oxygen atoms in total. The summed E-state index contributed by atoms with van der Waals surface area (Å²) in [7, 11) is 4.78. The van der Waals surface area contributed by atoms with E-state index in [0.29, 0.717) is 34.9 Å². The Morgan fingerprint density at radius 3 is 2.55 bits per heavy atom. The number of aromatic nitrogens is 5. The van der Waals surface area contributed by atoms with Crippen molar-refractivity contribution in [2.45, 2.75) is 25.8 Å². The molecule has 4 aromatic rings. The average molecular weight is 450 g/mol. The third-order valence-electron chi connectivity index (χ3n) is 5.97. The van der Waals surface area contributed by atoms with E-state index in [9.17, 15) is 0 Å². The van der Waals surface area contributed by atoms with Gasteiger partial charge < -0.3 is 29.0 Å². The molecular formula is C23H27N7O3. The Kier molecular flexibility index (Phi) is 5.41. The summed E-state index contributed by atoms with van der Waals surface area (Å²) in [5.41, 5.74) is 1.71. The summed E-state index contributed by atoms with van der Waals surface area (Å²) < 4.78 is 20.1. The molecule has 1 atom stereocenters. The molecule has 3 aromatic heterocycles. The topological polar surface area (TPSA) is 91.0 Å². The molecule has 0 aliphatic carbocycles. The number of imidazole rings is 1. The van der Waals surface area contributed by atoms with E-state index < -0.39 is 0 Å². The van der Waals surface area contributed by atoms with Gasteiger partial charge in [0.15, 0.2) is 17.3 Å². The molecule has 172 valence electrons. The minimum atomic E-state index is 0.421. The van der Waals surface area contributed by atoms with Crippen molar-refractivity contribution >= 4 is 23.1 Å². The molecule has 4 heterocycles. The van der Waals surface area contributed by atoms with Crippen molar-refractivity contribution in [1.82, 2.24) is 24.1 Å². The minimum Gasteiger partial charge on any atom is -0.493 e. The SMILES string of the molecule is COc1cc(-n2cnc(Nc3nc(N4CCC[C@H]4C)nn4cccc34)c2)cc(OC)c1OC. The second kappa shape index (κ2) is 8.53. The van der Waals surface area contributed by atoms with Gasteiger partial charge in [0, 0.05) is 30.9 Å². The number of anilines is 3. The molecule has 0 unspecified atom stereocenters. The van der Waals surface area contributed by atoms with Crippen molar-refractivity contribution in [3.8, 4) is 22.9 Å². The van der Waals surface area contributed by atoms with Gasteiger partial charge in [0.1, 0.15) is 17.7 Å². The van der Waals surface area contributed by atoms with Gasteiger partial charge >= 0.3 is 0 Å². The molecule has 1 N–H and O–H groups in total. The van der Waals surface area contributed by atoms with Crippen LogP contribution in [0.25, 0.3) is 11.2 Å². The maximum absolute atomic E-state index is 5.47.